The molecule has 0 fully saturated rings. The van der Waals surface area contributed by atoms with Gasteiger partial charge in [-0.15, -0.1) is 0 Å². The Labute approximate surface area is 119 Å². The molecule has 0 amide bonds. The molecule has 0 aliphatic rings. The van der Waals surface area contributed by atoms with Crippen LogP contribution in [0.25, 0.3) is 0 Å². The predicted octanol–water partition coefficient (Wildman–Crippen LogP) is 3.17. The molecule has 20 heavy (non-hydrogen) atoms. The Hall–Kier alpha value is -2.17. The first kappa shape index (κ1) is 15.9. The molecule has 0 bridgehead atoms. The fraction of sp³-hybridized carbons (Fsp3) is 0.400. The van der Waals surface area contributed by atoms with Crippen molar-refractivity contribution < 1.29 is 0 Å². The molecule has 0 saturated carbocycles. The quantitative estimate of drug-likeness (QED) is 0.475. The molecule has 0 radical (unpaired) electrons. The van der Waals surface area contributed by atoms with E-state index in [1.807, 2.05) is 6.08 Å². The standard InChI is InChI=1S/C15H22N4O/c1-11(2)6-5-7-12(3)8-9-16-19-15-17-13(4)10-14(20)18-15/h6,8-10H,5,7H2,1-4H3,(H2,17,18,19,20)/b12-8+,16-9-. The lowest BCUT2D eigenvalue weighted by atomic mass is 10.1. The minimum atomic E-state index is -0.191. The highest BCUT2D eigenvalue weighted by molar-refractivity contribution is 5.72. The number of H-pyrrole nitrogens is 1. The lowest BCUT2D eigenvalue weighted by Crippen LogP contribution is -2.10. The molecule has 0 aliphatic carbocycles. The second-order valence-electron chi connectivity index (χ2n) is 4.96. The molecular formula is C15H22N4O. The molecular weight excluding hydrogens is 252 g/mol. The van der Waals surface area contributed by atoms with Gasteiger partial charge in [0, 0.05) is 18.0 Å². The van der Waals surface area contributed by atoms with E-state index < -0.39 is 0 Å². The Morgan fingerprint density at radius 3 is 2.85 bits per heavy atom. The lowest BCUT2D eigenvalue weighted by molar-refractivity contribution is 0.969. The van der Waals surface area contributed by atoms with Crippen molar-refractivity contribution in [1.29, 1.82) is 0 Å². The summed E-state index contributed by atoms with van der Waals surface area (Å²) in [6.07, 6.45) is 7.88. The van der Waals surface area contributed by atoms with Crippen molar-refractivity contribution in [3.63, 3.8) is 0 Å². The Morgan fingerprint density at radius 1 is 1.45 bits per heavy atom. The summed E-state index contributed by atoms with van der Waals surface area (Å²) < 4.78 is 0. The van der Waals surface area contributed by atoms with E-state index in [1.54, 1.807) is 13.1 Å². The van der Waals surface area contributed by atoms with E-state index >= 15 is 0 Å². The van der Waals surface area contributed by atoms with Gasteiger partial charge in [0.15, 0.2) is 0 Å². The number of hydrogen-bond acceptors (Lipinski definition) is 4. The SMILES string of the molecule is CC(C)=CCC/C(C)=C/C=N\Nc1nc(C)cc(=O)[nH]1. The molecule has 0 spiro atoms. The van der Waals surface area contributed by atoms with E-state index in [4.69, 9.17) is 0 Å². The topological polar surface area (TPSA) is 70.1 Å². The maximum absolute atomic E-state index is 11.2. The van der Waals surface area contributed by atoms with Gasteiger partial charge in [0.05, 0.1) is 0 Å². The molecule has 108 valence electrons. The van der Waals surface area contributed by atoms with Crippen molar-refractivity contribution >= 4 is 12.2 Å². The monoisotopic (exact) mass is 274 g/mol. The summed E-state index contributed by atoms with van der Waals surface area (Å²) in [5.41, 5.74) is 5.75. The van der Waals surface area contributed by atoms with Crippen LogP contribution in [-0.4, -0.2) is 16.2 Å². The van der Waals surface area contributed by atoms with Crippen molar-refractivity contribution in [2.24, 2.45) is 5.10 Å². The lowest BCUT2D eigenvalue weighted by Gasteiger charge is -1.99. The number of rotatable bonds is 6. The largest absolute Gasteiger partial charge is 0.291 e. The van der Waals surface area contributed by atoms with Crippen LogP contribution in [0.4, 0.5) is 5.95 Å². The van der Waals surface area contributed by atoms with Crippen molar-refractivity contribution in [2.45, 2.75) is 40.5 Å². The second-order valence-corrected chi connectivity index (χ2v) is 4.96. The van der Waals surface area contributed by atoms with Gasteiger partial charge >= 0.3 is 0 Å². The predicted molar refractivity (Wildman–Crippen MR) is 84.1 cm³/mol. The summed E-state index contributed by atoms with van der Waals surface area (Å²) in [5.74, 6) is 0.349. The van der Waals surface area contributed by atoms with Gasteiger partial charge < -0.3 is 0 Å². The van der Waals surface area contributed by atoms with Gasteiger partial charge in [0.2, 0.25) is 5.95 Å². The minimum Gasteiger partial charge on any atom is -0.291 e. The summed E-state index contributed by atoms with van der Waals surface area (Å²) >= 11 is 0. The van der Waals surface area contributed by atoms with Gasteiger partial charge in [0.1, 0.15) is 0 Å². The Kier molecular flexibility index (Phi) is 6.43. The van der Waals surface area contributed by atoms with Crippen LogP contribution in [0.15, 0.2) is 39.3 Å². The Morgan fingerprint density at radius 2 is 2.20 bits per heavy atom. The van der Waals surface area contributed by atoms with Gasteiger partial charge in [0.25, 0.3) is 5.56 Å². The van der Waals surface area contributed by atoms with Crippen LogP contribution >= 0.6 is 0 Å². The minimum absolute atomic E-state index is 0.191. The first-order valence-corrected chi connectivity index (χ1v) is 6.63. The molecule has 5 heteroatoms. The normalized spacial score (nSPS) is 11.7. The van der Waals surface area contributed by atoms with Crippen LogP contribution in [-0.2, 0) is 0 Å². The number of nitrogens with one attached hydrogen (secondary N) is 2. The number of nitrogens with zero attached hydrogens (tertiary/aromatic N) is 2. The first-order chi connectivity index (χ1) is 9.47. The first-order valence-electron chi connectivity index (χ1n) is 6.63. The van der Waals surface area contributed by atoms with Gasteiger partial charge in [-0.2, -0.15) is 5.10 Å². The Balaban J connectivity index is 2.48. The zero-order valence-electron chi connectivity index (χ0n) is 12.5. The second kappa shape index (κ2) is 8.09. The summed E-state index contributed by atoms with van der Waals surface area (Å²) in [4.78, 5) is 17.9. The van der Waals surface area contributed by atoms with Gasteiger partial charge in [-0.3, -0.25) is 9.78 Å². The third kappa shape index (κ3) is 6.68. The van der Waals surface area contributed by atoms with Crippen LogP contribution in [0.1, 0.15) is 39.3 Å². The zero-order valence-corrected chi connectivity index (χ0v) is 12.5. The maximum Gasteiger partial charge on any atom is 0.252 e. The fourth-order valence-corrected chi connectivity index (χ4v) is 1.57. The number of aryl methyl sites for hydroxylation is 1. The molecule has 1 aromatic heterocycles. The summed E-state index contributed by atoms with van der Waals surface area (Å²) in [6.45, 7) is 8.02. The third-order valence-corrected chi connectivity index (χ3v) is 2.57. The molecule has 0 saturated heterocycles. The van der Waals surface area contributed by atoms with Gasteiger partial charge in [-0.05, 0) is 46.6 Å². The third-order valence-electron chi connectivity index (χ3n) is 2.57. The fourth-order valence-electron chi connectivity index (χ4n) is 1.57. The number of allylic oxidation sites excluding steroid dienone is 4. The molecule has 0 aliphatic heterocycles. The average molecular weight is 274 g/mol. The molecule has 0 atom stereocenters. The van der Waals surface area contributed by atoms with Crippen LogP contribution in [0.5, 0.6) is 0 Å². The van der Waals surface area contributed by atoms with Crippen molar-refractivity contribution in [1.82, 2.24) is 9.97 Å². The zero-order chi connectivity index (χ0) is 15.0. The van der Waals surface area contributed by atoms with Crippen LogP contribution in [0.3, 0.4) is 0 Å². The summed E-state index contributed by atoms with van der Waals surface area (Å²) in [7, 11) is 0. The molecule has 0 aromatic carbocycles. The molecule has 1 rings (SSSR count). The van der Waals surface area contributed by atoms with Gasteiger partial charge in [-0.25, -0.2) is 10.4 Å². The van der Waals surface area contributed by atoms with Crippen LogP contribution in [0, 0.1) is 6.92 Å². The van der Waals surface area contributed by atoms with E-state index in [1.165, 1.54) is 17.2 Å². The highest BCUT2D eigenvalue weighted by atomic mass is 16.1. The summed E-state index contributed by atoms with van der Waals surface area (Å²) in [5, 5.41) is 4.01. The summed E-state index contributed by atoms with van der Waals surface area (Å²) in [6, 6.07) is 1.43. The van der Waals surface area contributed by atoms with Crippen molar-refractivity contribution in [3.8, 4) is 0 Å². The number of aromatic nitrogens is 2. The van der Waals surface area contributed by atoms with E-state index in [0.717, 1.165) is 12.8 Å². The molecule has 1 aromatic rings. The van der Waals surface area contributed by atoms with Gasteiger partial charge in [-0.1, -0.05) is 17.2 Å². The van der Waals surface area contributed by atoms with Crippen molar-refractivity contribution in [2.75, 3.05) is 5.43 Å². The number of hydrazone groups is 1. The van der Waals surface area contributed by atoms with E-state index in [2.05, 4.69) is 47.3 Å². The van der Waals surface area contributed by atoms with E-state index in [9.17, 15) is 4.79 Å². The molecule has 5 nitrogen and oxygen atoms in total. The highest BCUT2D eigenvalue weighted by Crippen LogP contribution is 2.05. The van der Waals surface area contributed by atoms with E-state index in [0.29, 0.717) is 11.6 Å². The van der Waals surface area contributed by atoms with E-state index in [-0.39, 0.29) is 5.56 Å². The maximum atomic E-state index is 11.2. The molecule has 0 unspecified atom stereocenters. The number of aromatic amines is 1. The smallest absolute Gasteiger partial charge is 0.252 e. The van der Waals surface area contributed by atoms with Crippen molar-refractivity contribution in [3.05, 3.63) is 45.4 Å². The molecule has 2 N–H and O–H groups in total. The molecule has 1 heterocycles. The highest BCUT2D eigenvalue weighted by Gasteiger charge is 1.94. The number of hydrogen-bond donors (Lipinski definition) is 2. The Bertz CT molecular complexity index is 578. The van der Waals surface area contributed by atoms with Crippen LogP contribution in [0.2, 0.25) is 0 Å². The number of anilines is 1. The average Bonchev–Trinajstić information content (AvgIpc) is 2.33. The van der Waals surface area contributed by atoms with Crippen LogP contribution < -0.4 is 11.0 Å².